The van der Waals surface area contributed by atoms with E-state index in [9.17, 15) is 26.4 Å². The average molecular weight is 430 g/mol. The molecular formula is C16H23ClF3N3O3S. The lowest BCUT2D eigenvalue weighted by Crippen LogP contribution is -2.47. The van der Waals surface area contributed by atoms with Crippen molar-refractivity contribution in [2.75, 3.05) is 19.6 Å². The van der Waals surface area contributed by atoms with Crippen LogP contribution >= 0.6 is 12.4 Å². The van der Waals surface area contributed by atoms with Crippen LogP contribution in [0.2, 0.25) is 0 Å². The van der Waals surface area contributed by atoms with Crippen molar-refractivity contribution >= 4 is 28.3 Å². The summed E-state index contributed by atoms with van der Waals surface area (Å²) < 4.78 is 66.1. The Labute approximate surface area is 162 Å². The van der Waals surface area contributed by atoms with Gasteiger partial charge in [-0.1, -0.05) is 19.1 Å². The molecule has 0 aliphatic carbocycles. The highest BCUT2D eigenvalue weighted by molar-refractivity contribution is 7.89. The van der Waals surface area contributed by atoms with Crippen molar-refractivity contribution in [2.45, 2.75) is 37.4 Å². The summed E-state index contributed by atoms with van der Waals surface area (Å²) >= 11 is 0. The normalized spacial score (nSPS) is 21.6. The Kier molecular flexibility index (Phi) is 7.31. The molecule has 11 heteroatoms. The number of alkyl halides is 3. The van der Waals surface area contributed by atoms with E-state index in [1.807, 2.05) is 6.92 Å². The van der Waals surface area contributed by atoms with Crippen molar-refractivity contribution in [3.8, 4) is 0 Å². The number of carbonyl (C=O) groups is 1. The Balaban J connectivity index is 0.00000364. The van der Waals surface area contributed by atoms with Crippen LogP contribution in [0.25, 0.3) is 0 Å². The third-order valence-corrected chi connectivity index (χ3v) is 6.15. The van der Waals surface area contributed by atoms with Gasteiger partial charge in [-0.3, -0.25) is 4.79 Å². The Hall–Kier alpha value is -1.36. The zero-order valence-corrected chi connectivity index (χ0v) is 16.5. The molecule has 2 rings (SSSR count). The zero-order valence-electron chi connectivity index (χ0n) is 14.9. The van der Waals surface area contributed by atoms with E-state index < -0.39 is 38.6 Å². The van der Waals surface area contributed by atoms with Gasteiger partial charge in [-0.2, -0.15) is 17.9 Å². The number of benzene rings is 1. The fraction of sp³-hybridized carbons (Fsp3) is 0.562. The highest BCUT2D eigenvalue weighted by atomic mass is 35.5. The van der Waals surface area contributed by atoms with Crippen molar-refractivity contribution in [1.82, 2.24) is 9.62 Å². The van der Waals surface area contributed by atoms with Crippen LogP contribution in [-0.2, 0) is 21.0 Å². The number of carbonyl (C=O) groups excluding carboxylic acids is 1. The van der Waals surface area contributed by atoms with Crippen molar-refractivity contribution in [3.63, 3.8) is 0 Å². The summed E-state index contributed by atoms with van der Waals surface area (Å²) in [6.07, 6.45) is -4.14. The summed E-state index contributed by atoms with van der Waals surface area (Å²) in [5, 5.41) is 0. The van der Waals surface area contributed by atoms with Crippen LogP contribution in [0, 0.1) is 5.41 Å². The summed E-state index contributed by atoms with van der Waals surface area (Å²) in [6, 6.07) is 2.66. The van der Waals surface area contributed by atoms with Gasteiger partial charge in [0.15, 0.2) is 0 Å². The van der Waals surface area contributed by atoms with Gasteiger partial charge in [0.2, 0.25) is 15.9 Å². The van der Waals surface area contributed by atoms with Crippen LogP contribution in [0.5, 0.6) is 0 Å². The summed E-state index contributed by atoms with van der Waals surface area (Å²) in [4.78, 5) is 13.1. The van der Waals surface area contributed by atoms with Gasteiger partial charge >= 0.3 is 6.18 Å². The molecule has 1 aliphatic rings. The molecule has 0 bridgehead atoms. The third-order valence-electron chi connectivity index (χ3n) is 4.55. The topological polar surface area (TPSA) is 92.5 Å². The molecule has 1 heterocycles. The summed E-state index contributed by atoms with van der Waals surface area (Å²) in [5.41, 5.74) is 4.17. The number of sulfonamides is 1. The van der Waals surface area contributed by atoms with Crippen LogP contribution in [-0.4, -0.2) is 44.9 Å². The maximum atomic E-state index is 13.1. The van der Waals surface area contributed by atoms with Crippen molar-refractivity contribution < 1.29 is 26.4 Å². The van der Waals surface area contributed by atoms with Crippen molar-refractivity contribution in [3.05, 3.63) is 29.8 Å². The highest BCUT2D eigenvalue weighted by Crippen LogP contribution is 2.34. The summed E-state index contributed by atoms with van der Waals surface area (Å²) in [7, 11) is -4.52. The second-order valence-corrected chi connectivity index (χ2v) is 8.54. The summed E-state index contributed by atoms with van der Waals surface area (Å²) in [5.74, 6) is -0.491. The van der Waals surface area contributed by atoms with Gasteiger partial charge in [0.1, 0.15) is 0 Å². The molecule has 1 saturated heterocycles. The van der Waals surface area contributed by atoms with E-state index in [0.29, 0.717) is 32.1 Å². The number of likely N-dealkylation sites (tertiary alicyclic amines) is 1. The lowest BCUT2D eigenvalue weighted by Gasteiger charge is -2.25. The zero-order chi connectivity index (χ0) is 19.8. The minimum atomic E-state index is -4.82. The quantitative estimate of drug-likeness (QED) is 0.748. The number of hydrogen-bond donors (Lipinski definition) is 2. The van der Waals surface area contributed by atoms with Crippen LogP contribution < -0.4 is 10.5 Å². The predicted octanol–water partition coefficient (Wildman–Crippen LogP) is 1.99. The lowest BCUT2D eigenvalue weighted by atomic mass is 9.90. The molecule has 0 radical (unpaired) electrons. The SMILES string of the molecule is CC(NS(=O)(=O)c1ccccc1C(F)(F)F)C(=O)N1CCC(C)(CN)C1.Cl. The smallest absolute Gasteiger partial charge is 0.341 e. The van der Waals surface area contributed by atoms with Crippen molar-refractivity contribution in [1.29, 1.82) is 0 Å². The number of rotatable bonds is 5. The first-order chi connectivity index (χ1) is 11.9. The molecule has 0 aromatic heterocycles. The molecule has 0 saturated carbocycles. The number of amides is 1. The minimum absolute atomic E-state index is 0. The molecule has 2 atom stereocenters. The van der Waals surface area contributed by atoms with Gasteiger partial charge < -0.3 is 10.6 Å². The Morgan fingerprint density at radius 3 is 2.48 bits per heavy atom. The Bertz CT molecular complexity index is 789. The molecular weight excluding hydrogens is 407 g/mol. The first-order valence-electron chi connectivity index (χ1n) is 8.07. The lowest BCUT2D eigenvalue weighted by molar-refractivity contribution is -0.139. The minimum Gasteiger partial charge on any atom is -0.341 e. The fourth-order valence-corrected chi connectivity index (χ4v) is 4.36. The van der Waals surface area contributed by atoms with E-state index in [1.165, 1.54) is 17.9 Å². The monoisotopic (exact) mass is 429 g/mol. The molecule has 0 spiro atoms. The highest BCUT2D eigenvalue weighted by Gasteiger charge is 2.39. The molecule has 154 valence electrons. The number of nitrogens with one attached hydrogen (secondary N) is 1. The number of halogens is 4. The van der Waals surface area contributed by atoms with E-state index in [-0.39, 0.29) is 17.8 Å². The Morgan fingerprint density at radius 1 is 1.37 bits per heavy atom. The van der Waals surface area contributed by atoms with Gasteiger partial charge in [-0.15, -0.1) is 12.4 Å². The van der Waals surface area contributed by atoms with Crippen molar-refractivity contribution in [2.24, 2.45) is 11.1 Å². The largest absolute Gasteiger partial charge is 0.417 e. The number of nitrogens with two attached hydrogens (primary N) is 1. The number of hydrogen-bond acceptors (Lipinski definition) is 4. The molecule has 1 aromatic rings. The molecule has 1 amide bonds. The molecule has 27 heavy (non-hydrogen) atoms. The van der Waals surface area contributed by atoms with Gasteiger partial charge in [0.05, 0.1) is 16.5 Å². The molecule has 1 fully saturated rings. The number of nitrogens with zero attached hydrogens (tertiary/aromatic N) is 1. The van der Waals surface area contributed by atoms with Gasteiger partial charge in [-0.05, 0) is 37.4 Å². The molecule has 1 aromatic carbocycles. The van der Waals surface area contributed by atoms with Gasteiger partial charge in [0.25, 0.3) is 0 Å². The van der Waals surface area contributed by atoms with Crippen LogP contribution in [0.1, 0.15) is 25.8 Å². The van der Waals surface area contributed by atoms with Crippen LogP contribution in [0.4, 0.5) is 13.2 Å². The predicted molar refractivity (Wildman–Crippen MR) is 96.8 cm³/mol. The Morgan fingerprint density at radius 2 is 1.96 bits per heavy atom. The van der Waals surface area contributed by atoms with Gasteiger partial charge in [0, 0.05) is 13.1 Å². The maximum absolute atomic E-state index is 13.1. The molecule has 3 N–H and O–H groups in total. The van der Waals surface area contributed by atoms with E-state index >= 15 is 0 Å². The second kappa shape index (κ2) is 8.34. The van der Waals surface area contributed by atoms with E-state index in [4.69, 9.17) is 5.73 Å². The van der Waals surface area contributed by atoms with E-state index in [0.717, 1.165) is 12.1 Å². The van der Waals surface area contributed by atoms with Gasteiger partial charge in [-0.25, -0.2) is 8.42 Å². The first kappa shape index (κ1) is 23.7. The average Bonchev–Trinajstić information content (AvgIpc) is 2.96. The third kappa shape index (κ3) is 5.34. The first-order valence-corrected chi connectivity index (χ1v) is 9.55. The van der Waals surface area contributed by atoms with Crippen LogP contribution in [0.3, 0.4) is 0 Å². The standard InChI is InChI=1S/C16H22F3N3O3S.ClH/c1-11(14(23)22-8-7-15(2,9-20)10-22)21-26(24,25)13-6-4-3-5-12(13)16(17,18)19;/h3-6,11,21H,7-10,20H2,1-2H3;1H. The fourth-order valence-electron chi connectivity index (χ4n) is 2.93. The molecule has 1 aliphatic heterocycles. The molecule has 2 unspecified atom stereocenters. The van der Waals surface area contributed by atoms with Crippen LogP contribution in [0.15, 0.2) is 29.2 Å². The second-order valence-electron chi connectivity index (χ2n) is 6.86. The van der Waals surface area contributed by atoms with E-state index in [2.05, 4.69) is 4.72 Å². The molecule has 6 nitrogen and oxygen atoms in total. The van der Waals surface area contributed by atoms with E-state index in [1.54, 1.807) is 0 Å². The summed E-state index contributed by atoms with van der Waals surface area (Å²) in [6.45, 7) is 4.43. The maximum Gasteiger partial charge on any atom is 0.417 e.